The first-order valence-electron chi connectivity index (χ1n) is 3.34. The molecule has 12 heavy (non-hydrogen) atoms. The Labute approximate surface area is 72.5 Å². The second kappa shape index (κ2) is 3.06. The third-order valence-corrected chi connectivity index (χ3v) is 2.22. The molecule has 1 aliphatic heterocycles. The first-order chi connectivity index (χ1) is 5.84. The van der Waals surface area contributed by atoms with Gasteiger partial charge in [0, 0.05) is 12.4 Å². The van der Waals surface area contributed by atoms with Crippen molar-refractivity contribution < 1.29 is 14.3 Å². The van der Waals surface area contributed by atoms with Gasteiger partial charge in [-0.25, -0.2) is 9.78 Å². The number of hydrogen-bond donors (Lipinski definition) is 1. The summed E-state index contributed by atoms with van der Waals surface area (Å²) in [5, 5.41) is 0.721. The zero-order valence-corrected chi connectivity index (χ0v) is 6.84. The molecule has 0 aromatic carbocycles. The van der Waals surface area contributed by atoms with Gasteiger partial charge < -0.3 is 14.5 Å². The SMILES string of the molecule is O=C1OCC(Sc2ncc[nH]2)O1. The number of H-pyrrole nitrogens is 1. The Kier molecular flexibility index (Phi) is 1.91. The van der Waals surface area contributed by atoms with Gasteiger partial charge in [0.05, 0.1) is 0 Å². The fourth-order valence-electron chi connectivity index (χ4n) is 0.809. The maximum Gasteiger partial charge on any atom is 0.509 e. The molecule has 0 saturated carbocycles. The van der Waals surface area contributed by atoms with E-state index >= 15 is 0 Å². The Morgan fingerprint density at radius 1 is 1.75 bits per heavy atom. The van der Waals surface area contributed by atoms with Crippen LogP contribution in [0, 0.1) is 0 Å². The summed E-state index contributed by atoms with van der Waals surface area (Å²) in [6, 6.07) is 0. The van der Waals surface area contributed by atoms with Crippen LogP contribution in [-0.2, 0) is 9.47 Å². The van der Waals surface area contributed by atoms with Crippen LogP contribution >= 0.6 is 11.8 Å². The molecule has 1 N–H and O–H groups in total. The molecule has 1 aliphatic rings. The fraction of sp³-hybridized carbons (Fsp3) is 0.333. The van der Waals surface area contributed by atoms with E-state index in [1.807, 2.05) is 0 Å². The largest absolute Gasteiger partial charge is 0.509 e. The van der Waals surface area contributed by atoms with E-state index in [4.69, 9.17) is 4.74 Å². The number of cyclic esters (lactones) is 2. The van der Waals surface area contributed by atoms with E-state index in [0.29, 0.717) is 0 Å². The summed E-state index contributed by atoms with van der Waals surface area (Å²) in [7, 11) is 0. The first-order valence-corrected chi connectivity index (χ1v) is 4.22. The molecule has 0 radical (unpaired) electrons. The molecule has 2 rings (SSSR count). The van der Waals surface area contributed by atoms with Gasteiger partial charge >= 0.3 is 6.16 Å². The second-order valence-electron chi connectivity index (χ2n) is 2.12. The zero-order chi connectivity index (χ0) is 8.39. The molecular weight excluding hydrogens is 180 g/mol. The number of nitrogens with zero attached hydrogens (tertiary/aromatic N) is 1. The van der Waals surface area contributed by atoms with Gasteiger partial charge in [-0.15, -0.1) is 0 Å². The lowest BCUT2D eigenvalue weighted by atomic mass is 10.8. The van der Waals surface area contributed by atoms with Gasteiger partial charge in [0.25, 0.3) is 0 Å². The molecule has 1 aromatic rings. The van der Waals surface area contributed by atoms with Crippen molar-refractivity contribution in [3.63, 3.8) is 0 Å². The third-order valence-electron chi connectivity index (χ3n) is 1.28. The Balaban J connectivity index is 1.92. The van der Waals surface area contributed by atoms with E-state index in [0.717, 1.165) is 5.16 Å². The molecule has 0 spiro atoms. The van der Waals surface area contributed by atoms with Gasteiger partial charge in [-0.05, 0) is 11.8 Å². The lowest BCUT2D eigenvalue weighted by molar-refractivity contribution is 0.129. The standard InChI is InChI=1S/C6H6N2O3S/c9-6-10-3-4(11-6)12-5-7-1-2-8-5/h1-2,4H,3H2,(H,7,8). The van der Waals surface area contributed by atoms with Crippen molar-refractivity contribution in [2.75, 3.05) is 6.61 Å². The molecule has 1 saturated heterocycles. The molecule has 0 aliphatic carbocycles. The monoisotopic (exact) mass is 186 g/mol. The van der Waals surface area contributed by atoms with Crippen molar-refractivity contribution in [2.45, 2.75) is 10.6 Å². The summed E-state index contributed by atoms with van der Waals surface area (Å²) in [4.78, 5) is 17.3. The first kappa shape index (κ1) is 7.48. The number of aromatic nitrogens is 2. The van der Waals surface area contributed by atoms with Gasteiger partial charge in [-0.2, -0.15) is 0 Å². The highest BCUT2D eigenvalue weighted by Crippen LogP contribution is 2.24. The van der Waals surface area contributed by atoms with E-state index in [1.165, 1.54) is 11.8 Å². The van der Waals surface area contributed by atoms with E-state index in [9.17, 15) is 4.79 Å². The summed E-state index contributed by atoms with van der Waals surface area (Å²) in [5.74, 6) is 0. The van der Waals surface area contributed by atoms with Crippen molar-refractivity contribution in [1.82, 2.24) is 9.97 Å². The van der Waals surface area contributed by atoms with Crippen LogP contribution < -0.4 is 0 Å². The van der Waals surface area contributed by atoms with E-state index in [2.05, 4.69) is 14.7 Å². The summed E-state index contributed by atoms with van der Waals surface area (Å²) >= 11 is 1.33. The number of hydrogen-bond acceptors (Lipinski definition) is 5. The maximum absolute atomic E-state index is 10.5. The van der Waals surface area contributed by atoms with Crippen LogP contribution in [0.2, 0.25) is 0 Å². The Morgan fingerprint density at radius 3 is 3.25 bits per heavy atom. The van der Waals surface area contributed by atoms with Crippen LogP contribution in [0.1, 0.15) is 0 Å². The van der Waals surface area contributed by atoms with Crippen molar-refractivity contribution in [3.8, 4) is 0 Å². The molecular formula is C6H6N2O3S. The highest BCUT2D eigenvalue weighted by Gasteiger charge is 2.26. The predicted octanol–water partition coefficient (Wildman–Crippen LogP) is 0.995. The van der Waals surface area contributed by atoms with Crippen molar-refractivity contribution in [3.05, 3.63) is 12.4 Å². The van der Waals surface area contributed by atoms with Crippen LogP contribution in [0.25, 0.3) is 0 Å². The van der Waals surface area contributed by atoms with E-state index in [1.54, 1.807) is 12.4 Å². The molecule has 0 bridgehead atoms. The second-order valence-corrected chi connectivity index (χ2v) is 3.27. The van der Waals surface area contributed by atoms with Crippen LogP contribution in [0.5, 0.6) is 0 Å². The molecule has 2 heterocycles. The van der Waals surface area contributed by atoms with Gasteiger partial charge in [0.15, 0.2) is 10.6 Å². The normalized spacial score (nSPS) is 22.0. The molecule has 1 aromatic heterocycles. The van der Waals surface area contributed by atoms with E-state index < -0.39 is 6.16 Å². The van der Waals surface area contributed by atoms with E-state index in [-0.39, 0.29) is 12.0 Å². The van der Waals surface area contributed by atoms with Crippen LogP contribution in [0.3, 0.4) is 0 Å². The fourth-order valence-corrected chi connectivity index (χ4v) is 1.58. The Bertz CT molecular complexity index is 274. The maximum atomic E-state index is 10.5. The molecule has 1 unspecified atom stereocenters. The highest BCUT2D eigenvalue weighted by atomic mass is 32.2. The number of ether oxygens (including phenoxy) is 2. The molecule has 1 fully saturated rings. The Morgan fingerprint density at radius 2 is 2.67 bits per heavy atom. The highest BCUT2D eigenvalue weighted by molar-refractivity contribution is 7.99. The number of aromatic amines is 1. The van der Waals surface area contributed by atoms with Gasteiger partial charge in [-0.1, -0.05) is 0 Å². The van der Waals surface area contributed by atoms with Crippen molar-refractivity contribution >= 4 is 17.9 Å². The minimum Gasteiger partial charge on any atom is -0.429 e. The molecule has 1 atom stereocenters. The van der Waals surface area contributed by atoms with Crippen LogP contribution in [0.4, 0.5) is 4.79 Å². The zero-order valence-electron chi connectivity index (χ0n) is 6.02. The smallest absolute Gasteiger partial charge is 0.429 e. The molecule has 0 amide bonds. The minimum absolute atomic E-state index is 0.274. The lowest BCUT2D eigenvalue weighted by Crippen LogP contribution is -2.03. The number of rotatable bonds is 2. The molecule has 6 heteroatoms. The number of imidazole rings is 1. The minimum atomic E-state index is -0.612. The van der Waals surface area contributed by atoms with Crippen molar-refractivity contribution in [1.29, 1.82) is 0 Å². The van der Waals surface area contributed by atoms with Crippen LogP contribution in [0.15, 0.2) is 17.6 Å². The molecule has 5 nitrogen and oxygen atoms in total. The van der Waals surface area contributed by atoms with Gasteiger partial charge in [0.1, 0.15) is 6.61 Å². The van der Waals surface area contributed by atoms with Gasteiger partial charge in [-0.3, -0.25) is 0 Å². The number of nitrogens with one attached hydrogen (secondary N) is 1. The quantitative estimate of drug-likeness (QED) is 0.698. The lowest BCUT2D eigenvalue weighted by Gasteiger charge is -2.00. The number of carbonyl (C=O) groups excluding carboxylic acids is 1. The number of thioether (sulfide) groups is 1. The Hall–Kier alpha value is -1.17. The summed E-state index contributed by atoms with van der Waals surface area (Å²) < 4.78 is 9.37. The summed E-state index contributed by atoms with van der Waals surface area (Å²) in [5.41, 5.74) is -0.274. The van der Waals surface area contributed by atoms with Gasteiger partial charge in [0.2, 0.25) is 0 Å². The average Bonchev–Trinajstić information content (AvgIpc) is 2.63. The average molecular weight is 186 g/mol. The molecule has 64 valence electrons. The summed E-state index contributed by atoms with van der Waals surface area (Å²) in [6.07, 6.45) is 2.74. The van der Waals surface area contributed by atoms with Crippen molar-refractivity contribution in [2.24, 2.45) is 0 Å². The summed E-state index contributed by atoms with van der Waals surface area (Å²) in [6.45, 7) is 0.282. The van der Waals surface area contributed by atoms with Crippen LogP contribution in [-0.4, -0.2) is 28.2 Å². The predicted molar refractivity (Wildman–Crippen MR) is 40.7 cm³/mol. The third kappa shape index (κ3) is 1.53. The number of carbonyl (C=O) groups is 1. The topological polar surface area (TPSA) is 64.2 Å².